The number of fused-ring (bicyclic) bond motifs is 2. The highest BCUT2D eigenvalue weighted by Gasteiger charge is 2.23. The van der Waals surface area contributed by atoms with Crippen LogP contribution in [0.1, 0.15) is 16.8 Å². The summed E-state index contributed by atoms with van der Waals surface area (Å²) in [6.07, 6.45) is 3.61. The molecule has 0 unspecified atom stereocenters. The first-order chi connectivity index (χ1) is 13.6. The quantitative estimate of drug-likeness (QED) is 0.521. The van der Waals surface area contributed by atoms with Crippen LogP contribution < -0.4 is 0 Å². The number of hydrogen-bond donors (Lipinski definition) is 0. The van der Waals surface area contributed by atoms with Crippen LogP contribution in [0, 0.1) is 5.82 Å². The van der Waals surface area contributed by atoms with E-state index in [4.69, 9.17) is 0 Å². The molecule has 0 saturated heterocycles. The molecule has 4 nitrogen and oxygen atoms in total. The minimum atomic E-state index is -0.208. The van der Waals surface area contributed by atoms with E-state index in [0.717, 1.165) is 39.0 Å². The summed E-state index contributed by atoms with van der Waals surface area (Å²) < 4.78 is 16.7. The van der Waals surface area contributed by atoms with Crippen molar-refractivity contribution in [1.29, 1.82) is 0 Å². The zero-order chi connectivity index (χ0) is 19.3. The number of halogens is 1. The second-order valence-electron chi connectivity index (χ2n) is 7.15. The van der Waals surface area contributed by atoms with Crippen LogP contribution >= 0.6 is 0 Å². The van der Waals surface area contributed by atoms with E-state index >= 15 is 0 Å². The summed E-state index contributed by atoms with van der Waals surface area (Å²) in [5.41, 5.74) is 6.49. The van der Waals surface area contributed by atoms with Crippen LogP contribution in [0.5, 0.6) is 0 Å². The third-order valence-electron chi connectivity index (χ3n) is 5.42. The molecule has 0 fully saturated rings. The third-order valence-corrected chi connectivity index (χ3v) is 5.42. The topological polar surface area (TPSA) is 34.0 Å². The van der Waals surface area contributed by atoms with Crippen molar-refractivity contribution < 1.29 is 4.39 Å². The number of pyridine rings is 1. The molecule has 138 valence electrons. The molecule has 2 aromatic heterocycles. The molecule has 0 saturated carbocycles. The van der Waals surface area contributed by atoms with E-state index in [1.165, 1.54) is 0 Å². The van der Waals surface area contributed by atoms with Gasteiger partial charge in [-0.25, -0.2) is 4.39 Å². The van der Waals surface area contributed by atoms with Crippen LogP contribution in [-0.2, 0) is 20.1 Å². The monoisotopic (exact) mass is 370 g/mol. The average Bonchev–Trinajstić information content (AvgIpc) is 3.23. The predicted molar refractivity (Wildman–Crippen MR) is 109 cm³/mol. The highest BCUT2D eigenvalue weighted by atomic mass is 19.1. The Morgan fingerprint density at radius 3 is 2.75 bits per heavy atom. The standard InChI is InChI=1S/C23H19FN4/c1-15-20-4-3-9-25-22(20)14-28(15)13-18-6-5-17(11-21(18)24)16-7-8-23-19(10-16)12-26-27(23)2/h3-12H,1,13-14H2,2H3. The van der Waals surface area contributed by atoms with Gasteiger partial charge in [-0.2, -0.15) is 5.10 Å². The van der Waals surface area contributed by atoms with E-state index in [9.17, 15) is 4.39 Å². The molecule has 0 atom stereocenters. The Labute approximate surface area is 162 Å². The Kier molecular flexibility index (Phi) is 3.76. The van der Waals surface area contributed by atoms with Gasteiger partial charge in [-0.15, -0.1) is 0 Å². The molecule has 28 heavy (non-hydrogen) atoms. The van der Waals surface area contributed by atoms with E-state index in [2.05, 4.69) is 21.6 Å². The summed E-state index contributed by atoms with van der Waals surface area (Å²) in [5.74, 6) is -0.208. The first kappa shape index (κ1) is 16.7. The molecule has 3 heterocycles. The lowest BCUT2D eigenvalue weighted by Gasteiger charge is -2.20. The number of aryl methyl sites for hydroxylation is 1. The van der Waals surface area contributed by atoms with Crippen molar-refractivity contribution in [1.82, 2.24) is 19.7 Å². The fourth-order valence-corrected chi connectivity index (χ4v) is 3.83. The smallest absolute Gasteiger partial charge is 0.128 e. The molecular weight excluding hydrogens is 351 g/mol. The molecule has 0 bridgehead atoms. The van der Waals surface area contributed by atoms with Crippen molar-refractivity contribution in [2.24, 2.45) is 7.05 Å². The molecule has 1 aliphatic rings. The van der Waals surface area contributed by atoms with Gasteiger partial charge in [0.25, 0.3) is 0 Å². The van der Waals surface area contributed by atoms with Crippen molar-refractivity contribution in [2.75, 3.05) is 0 Å². The maximum absolute atomic E-state index is 14.9. The molecule has 0 N–H and O–H groups in total. The Morgan fingerprint density at radius 2 is 1.93 bits per heavy atom. The molecule has 0 spiro atoms. The van der Waals surface area contributed by atoms with Gasteiger partial charge in [-0.1, -0.05) is 24.8 Å². The van der Waals surface area contributed by atoms with Gasteiger partial charge in [0.05, 0.1) is 24.0 Å². The number of rotatable bonds is 3. The zero-order valence-corrected chi connectivity index (χ0v) is 15.6. The van der Waals surface area contributed by atoms with Crippen LogP contribution in [-0.4, -0.2) is 19.7 Å². The minimum Gasteiger partial charge on any atom is -0.361 e. The second kappa shape index (κ2) is 6.30. The molecular formula is C23H19FN4. The number of hydrogen-bond acceptors (Lipinski definition) is 3. The van der Waals surface area contributed by atoms with Gasteiger partial charge in [0.2, 0.25) is 0 Å². The van der Waals surface area contributed by atoms with E-state index in [1.807, 2.05) is 60.4 Å². The van der Waals surface area contributed by atoms with E-state index in [0.29, 0.717) is 18.7 Å². The summed E-state index contributed by atoms with van der Waals surface area (Å²) in [5, 5.41) is 5.31. The van der Waals surface area contributed by atoms with Crippen molar-refractivity contribution >= 4 is 16.6 Å². The second-order valence-corrected chi connectivity index (χ2v) is 7.15. The lowest BCUT2D eigenvalue weighted by molar-refractivity contribution is 0.391. The molecule has 0 aliphatic carbocycles. The first-order valence-corrected chi connectivity index (χ1v) is 9.19. The zero-order valence-electron chi connectivity index (χ0n) is 15.6. The highest BCUT2D eigenvalue weighted by molar-refractivity contribution is 5.84. The molecule has 5 heteroatoms. The fourth-order valence-electron chi connectivity index (χ4n) is 3.83. The largest absolute Gasteiger partial charge is 0.361 e. The van der Waals surface area contributed by atoms with Gasteiger partial charge in [-0.3, -0.25) is 9.67 Å². The minimum absolute atomic E-state index is 0.208. The lowest BCUT2D eigenvalue weighted by atomic mass is 10.0. The normalized spacial score (nSPS) is 13.4. The SMILES string of the molecule is C=C1c2cccnc2CN1Cc1ccc(-c2ccc3c(cnn3C)c2)cc1F. The number of benzene rings is 2. The Morgan fingerprint density at radius 1 is 1.11 bits per heavy atom. The number of nitrogens with zero attached hydrogens (tertiary/aromatic N) is 4. The van der Waals surface area contributed by atoms with Gasteiger partial charge in [0, 0.05) is 42.0 Å². The van der Waals surface area contributed by atoms with Crippen LogP contribution in [0.3, 0.4) is 0 Å². The number of aromatic nitrogens is 3. The van der Waals surface area contributed by atoms with Crippen LogP contribution in [0.25, 0.3) is 27.7 Å². The lowest BCUT2D eigenvalue weighted by Crippen LogP contribution is -2.15. The Balaban J connectivity index is 1.41. The fraction of sp³-hybridized carbons (Fsp3) is 0.130. The van der Waals surface area contributed by atoms with Crippen LogP contribution in [0.4, 0.5) is 4.39 Å². The summed E-state index contributed by atoms with van der Waals surface area (Å²) in [6.45, 7) is 5.29. The molecule has 4 aromatic rings. The van der Waals surface area contributed by atoms with Gasteiger partial charge >= 0.3 is 0 Å². The molecule has 0 amide bonds. The van der Waals surface area contributed by atoms with Gasteiger partial charge < -0.3 is 4.90 Å². The summed E-state index contributed by atoms with van der Waals surface area (Å²) in [7, 11) is 1.91. The van der Waals surface area contributed by atoms with Crippen LogP contribution in [0.2, 0.25) is 0 Å². The highest BCUT2D eigenvalue weighted by Crippen LogP contribution is 2.32. The van der Waals surface area contributed by atoms with E-state index in [-0.39, 0.29) is 5.82 Å². The van der Waals surface area contributed by atoms with Crippen molar-refractivity contribution in [3.8, 4) is 11.1 Å². The molecule has 5 rings (SSSR count). The van der Waals surface area contributed by atoms with Crippen molar-refractivity contribution in [3.63, 3.8) is 0 Å². The first-order valence-electron chi connectivity index (χ1n) is 9.19. The van der Waals surface area contributed by atoms with Crippen LogP contribution in [0.15, 0.2) is 67.5 Å². The summed E-state index contributed by atoms with van der Waals surface area (Å²) in [6, 6.07) is 15.4. The van der Waals surface area contributed by atoms with Crippen molar-refractivity contribution in [2.45, 2.75) is 13.1 Å². The predicted octanol–water partition coefficient (Wildman–Crippen LogP) is 4.76. The summed E-state index contributed by atoms with van der Waals surface area (Å²) in [4.78, 5) is 6.47. The maximum Gasteiger partial charge on any atom is 0.128 e. The Bertz CT molecular complexity index is 1220. The average molecular weight is 370 g/mol. The third kappa shape index (κ3) is 2.67. The van der Waals surface area contributed by atoms with E-state index in [1.54, 1.807) is 12.3 Å². The molecule has 1 aliphatic heterocycles. The van der Waals surface area contributed by atoms with Gasteiger partial charge in [-0.05, 0) is 41.5 Å². The van der Waals surface area contributed by atoms with Crippen molar-refractivity contribution in [3.05, 3.63) is 90.1 Å². The summed E-state index contributed by atoms with van der Waals surface area (Å²) >= 11 is 0. The maximum atomic E-state index is 14.9. The van der Waals surface area contributed by atoms with E-state index < -0.39 is 0 Å². The molecule has 2 aromatic carbocycles. The van der Waals surface area contributed by atoms with Gasteiger partial charge in [0.1, 0.15) is 5.82 Å². The molecule has 0 radical (unpaired) electrons. The van der Waals surface area contributed by atoms with Gasteiger partial charge in [0.15, 0.2) is 0 Å². The Hall–Kier alpha value is -3.47.